The fourth-order valence-electron chi connectivity index (χ4n) is 4.10. The van der Waals surface area contributed by atoms with Gasteiger partial charge in [-0.05, 0) is 74.9 Å². The summed E-state index contributed by atoms with van der Waals surface area (Å²) >= 11 is 14.0. The number of allylic oxidation sites excluding steroid dienone is 1. The molecule has 2 aromatic heterocycles. The SMILES string of the molecule is Cc1cc(/C=C(/C#N)c2ccc(Cl)cc2Cl)c(C)n1-c1sc2c(c1C#N)CCCC2. The first-order valence-corrected chi connectivity index (χ1v) is 11.3. The van der Waals surface area contributed by atoms with Crippen LogP contribution in [0, 0.1) is 36.5 Å². The Morgan fingerprint density at radius 2 is 1.90 bits per heavy atom. The fourth-order valence-corrected chi connectivity index (χ4v) is 6.06. The van der Waals surface area contributed by atoms with Crippen molar-refractivity contribution in [3.05, 3.63) is 72.8 Å². The second kappa shape index (κ2) is 8.32. The Morgan fingerprint density at radius 3 is 2.60 bits per heavy atom. The number of aryl methyl sites for hydroxylation is 2. The van der Waals surface area contributed by atoms with Gasteiger partial charge < -0.3 is 4.57 Å². The maximum Gasteiger partial charge on any atom is 0.118 e. The van der Waals surface area contributed by atoms with Crippen molar-refractivity contribution in [3.63, 3.8) is 0 Å². The van der Waals surface area contributed by atoms with Gasteiger partial charge in [-0.3, -0.25) is 0 Å². The molecule has 1 aromatic carbocycles. The lowest BCUT2D eigenvalue weighted by Crippen LogP contribution is -2.02. The molecule has 0 radical (unpaired) electrons. The number of benzene rings is 1. The number of nitriles is 2. The summed E-state index contributed by atoms with van der Waals surface area (Å²) in [6.07, 6.45) is 6.21. The maximum absolute atomic E-state index is 9.86. The number of rotatable bonds is 3. The van der Waals surface area contributed by atoms with Crippen LogP contribution in [0.3, 0.4) is 0 Å². The van der Waals surface area contributed by atoms with E-state index in [1.807, 2.05) is 19.9 Å². The third-order valence-corrected chi connectivity index (χ3v) is 7.40. The Bertz CT molecular complexity index is 1270. The predicted molar refractivity (Wildman–Crippen MR) is 124 cm³/mol. The van der Waals surface area contributed by atoms with Gasteiger partial charge in [0.05, 0.1) is 22.2 Å². The van der Waals surface area contributed by atoms with Crippen molar-refractivity contribution in [1.82, 2.24) is 4.57 Å². The summed E-state index contributed by atoms with van der Waals surface area (Å²) in [5, 5.41) is 21.6. The molecule has 3 nitrogen and oxygen atoms in total. The minimum absolute atomic E-state index is 0.446. The van der Waals surface area contributed by atoms with Crippen LogP contribution < -0.4 is 0 Å². The third kappa shape index (κ3) is 3.57. The predicted octanol–water partition coefficient (Wildman–Crippen LogP) is 7.28. The Morgan fingerprint density at radius 1 is 1.13 bits per heavy atom. The summed E-state index contributed by atoms with van der Waals surface area (Å²) in [5.41, 5.74) is 6.12. The zero-order valence-corrected chi connectivity index (χ0v) is 19.0. The van der Waals surface area contributed by atoms with Crippen molar-refractivity contribution in [2.45, 2.75) is 39.5 Å². The minimum atomic E-state index is 0.446. The number of thiophene rings is 1. The molecule has 1 aliphatic rings. The second-order valence-electron chi connectivity index (χ2n) is 7.46. The lowest BCUT2D eigenvalue weighted by Gasteiger charge is -2.10. The maximum atomic E-state index is 9.86. The number of fused-ring (bicyclic) bond motifs is 1. The first kappa shape index (κ1) is 20.8. The van der Waals surface area contributed by atoms with E-state index in [0.717, 1.165) is 46.8 Å². The molecule has 0 atom stereocenters. The quantitative estimate of drug-likeness (QED) is 0.392. The third-order valence-electron chi connectivity index (χ3n) is 5.58. The number of aromatic nitrogens is 1. The molecule has 0 N–H and O–H groups in total. The van der Waals surface area contributed by atoms with Crippen LogP contribution in [0.15, 0.2) is 24.3 Å². The molecule has 3 aromatic rings. The van der Waals surface area contributed by atoms with E-state index in [1.54, 1.807) is 29.5 Å². The fraction of sp³-hybridized carbons (Fsp3) is 0.250. The Balaban J connectivity index is 1.84. The molecule has 6 heteroatoms. The topological polar surface area (TPSA) is 52.5 Å². The van der Waals surface area contributed by atoms with Crippen molar-refractivity contribution >= 4 is 46.2 Å². The highest BCUT2D eigenvalue weighted by molar-refractivity contribution is 7.15. The monoisotopic (exact) mass is 451 g/mol. The number of hydrogen-bond acceptors (Lipinski definition) is 3. The molecule has 150 valence electrons. The van der Waals surface area contributed by atoms with Crippen molar-refractivity contribution in [1.29, 1.82) is 10.5 Å². The van der Waals surface area contributed by atoms with E-state index in [0.29, 0.717) is 21.2 Å². The molecule has 1 aliphatic carbocycles. The number of hydrogen-bond donors (Lipinski definition) is 0. The smallest absolute Gasteiger partial charge is 0.118 e. The number of halogens is 2. The van der Waals surface area contributed by atoms with Gasteiger partial charge in [0.15, 0.2) is 0 Å². The summed E-state index contributed by atoms with van der Waals surface area (Å²) in [7, 11) is 0. The first-order valence-electron chi connectivity index (χ1n) is 9.75. The number of nitrogens with zero attached hydrogens (tertiary/aromatic N) is 3. The minimum Gasteiger partial charge on any atom is -0.308 e. The van der Waals surface area contributed by atoms with Gasteiger partial charge in [-0.1, -0.05) is 29.3 Å². The molecule has 0 saturated carbocycles. The summed E-state index contributed by atoms with van der Waals surface area (Å²) < 4.78 is 2.14. The van der Waals surface area contributed by atoms with Gasteiger partial charge in [-0.25, -0.2) is 0 Å². The molecule has 2 heterocycles. The molecule has 0 bridgehead atoms. The van der Waals surface area contributed by atoms with Gasteiger partial charge in [-0.15, -0.1) is 11.3 Å². The van der Waals surface area contributed by atoms with Crippen molar-refractivity contribution < 1.29 is 0 Å². The molecule has 0 amide bonds. The Hall–Kier alpha value is -2.50. The Labute approximate surface area is 190 Å². The highest BCUT2D eigenvalue weighted by Gasteiger charge is 2.24. The van der Waals surface area contributed by atoms with Crippen LogP contribution in [-0.4, -0.2) is 4.57 Å². The lowest BCUT2D eigenvalue weighted by atomic mass is 9.96. The lowest BCUT2D eigenvalue weighted by molar-refractivity contribution is 0.695. The van der Waals surface area contributed by atoms with Gasteiger partial charge >= 0.3 is 0 Å². The van der Waals surface area contributed by atoms with Gasteiger partial charge in [0.25, 0.3) is 0 Å². The first-order chi connectivity index (χ1) is 14.4. The molecular formula is C24H19Cl2N3S. The van der Waals surface area contributed by atoms with Crippen LogP contribution in [0.5, 0.6) is 0 Å². The van der Waals surface area contributed by atoms with Crippen molar-refractivity contribution in [2.24, 2.45) is 0 Å². The van der Waals surface area contributed by atoms with Crippen LogP contribution in [0.25, 0.3) is 16.7 Å². The summed E-state index contributed by atoms with van der Waals surface area (Å²) in [6.45, 7) is 4.06. The van der Waals surface area contributed by atoms with Crippen LogP contribution in [-0.2, 0) is 12.8 Å². The molecular weight excluding hydrogens is 433 g/mol. The van der Waals surface area contributed by atoms with Gasteiger partial charge in [0, 0.05) is 26.9 Å². The highest BCUT2D eigenvalue weighted by atomic mass is 35.5. The van der Waals surface area contributed by atoms with Gasteiger partial charge in [0.1, 0.15) is 11.1 Å². The average Bonchev–Trinajstić information content (AvgIpc) is 3.22. The van der Waals surface area contributed by atoms with E-state index in [1.165, 1.54) is 16.9 Å². The standard InChI is InChI=1S/C24H19Cl2N3S/c1-14-9-16(10-17(12-27)19-8-7-18(25)11-22(19)26)15(2)29(14)24-21(13-28)20-5-3-4-6-23(20)30-24/h7-11H,3-6H2,1-2H3/b17-10-. The molecule has 30 heavy (non-hydrogen) atoms. The summed E-state index contributed by atoms with van der Waals surface area (Å²) in [4.78, 5) is 1.34. The van der Waals surface area contributed by atoms with E-state index in [4.69, 9.17) is 23.2 Å². The van der Waals surface area contributed by atoms with Crippen molar-refractivity contribution in [3.8, 4) is 17.1 Å². The summed E-state index contributed by atoms with van der Waals surface area (Å²) in [6, 6.07) is 11.9. The van der Waals surface area contributed by atoms with Crippen LogP contribution in [0.1, 0.15) is 51.4 Å². The zero-order valence-electron chi connectivity index (χ0n) is 16.7. The molecule has 0 aliphatic heterocycles. The van der Waals surface area contributed by atoms with E-state index < -0.39 is 0 Å². The summed E-state index contributed by atoms with van der Waals surface area (Å²) in [5.74, 6) is 0. The van der Waals surface area contributed by atoms with Crippen LogP contribution in [0.2, 0.25) is 10.0 Å². The van der Waals surface area contributed by atoms with E-state index in [-0.39, 0.29) is 0 Å². The highest BCUT2D eigenvalue weighted by Crippen LogP contribution is 2.39. The molecule has 0 fully saturated rings. The zero-order chi connectivity index (χ0) is 21.4. The van der Waals surface area contributed by atoms with Crippen LogP contribution in [0.4, 0.5) is 0 Å². The normalized spacial score (nSPS) is 13.6. The largest absolute Gasteiger partial charge is 0.308 e. The molecule has 4 rings (SSSR count). The van der Waals surface area contributed by atoms with E-state index >= 15 is 0 Å². The average molecular weight is 452 g/mol. The van der Waals surface area contributed by atoms with Crippen molar-refractivity contribution in [2.75, 3.05) is 0 Å². The van der Waals surface area contributed by atoms with Gasteiger partial charge in [0.2, 0.25) is 0 Å². The Kier molecular flexibility index (Phi) is 5.76. The van der Waals surface area contributed by atoms with E-state index in [2.05, 4.69) is 22.8 Å². The molecule has 0 spiro atoms. The molecule has 0 saturated heterocycles. The van der Waals surface area contributed by atoms with Crippen LogP contribution >= 0.6 is 34.5 Å². The second-order valence-corrected chi connectivity index (χ2v) is 9.39. The van der Waals surface area contributed by atoms with E-state index in [9.17, 15) is 10.5 Å². The van der Waals surface area contributed by atoms with Gasteiger partial charge in [-0.2, -0.15) is 10.5 Å². The molecule has 0 unspecified atom stereocenters.